The number of carbonyl (C=O) groups is 2. The highest BCUT2D eigenvalue weighted by atomic mass is 16.5. The van der Waals surface area contributed by atoms with Gasteiger partial charge in [-0.25, -0.2) is 0 Å². The standard InChI is InChI=1S/C24H45NO3/c1-7-23(3,4)18-19-24(5,6)22(27)25-20-16-14-12-10-9-11-13-15-17-21(26)28-8-2/h8H,2,7,9-20H2,1,3-6H3,(H,25,27). The van der Waals surface area contributed by atoms with Crippen molar-refractivity contribution in [3.63, 3.8) is 0 Å². The number of hydrogen-bond acceptors (Lipinski definition) is 3. The second-order valence-electron chi connectivity index (χ2n) is 9.39. The Kier molecular flexibility index (Phi) is 14.0. The van der Waals surface area contributed by atoms with Crippen molar-refractivity contribution in [2.75, 3.05) is 6.54 Å². The Hall–Kier alpha value is -1.32. The van der Waals surface area contributed by atoms with Gasteiger partial charge in [0.05, 0.1) is 6.26 Å². The van der Waals surface area contributed by atoms with E-state index in [2.05, 4.69) is 46.5 Å². The van der Waals surface area contributed by atoms with Gasteiger partial charge in [0, 0.05) is 18.4 Å². The molecule has 4 heteroatoms. The third-order valence-corrected chi connectivity index (χ3v) is 5.81. The highest BCUT2D eigenvalue weighted by Crippen LogP contribution is 2.33. The Balaban J connectivity index is 3.63. The van der Waals surface area contributed by atoms with Crippen LogP contribution in [0, 0.1) is 10.8 Å². The Bertz CT molecular complexity index is 455. The fourth-order valence-corrected chi connectivity index (χ4v) is 2.99. The van der Waals surface area contributed by atoms with E-state index in [0.29, 0.717) is 11.8 Å². The molecule has 0 heterocycles. The molecule has 0 unspecified atom stereocenters. The third kappa shape index (κ3) is 13.8. The Morgan fingerprint density at radius 3 is 1.96 bits per heavy atom. The summed E-state index contributed by atoms with van der Waals surface area (Å²) in [5.41, 5.74) is 0.0248. The summed E-state index contributed by atoms with van der Waals surface area (Å²) in [6, 6.07) is 0. The van der Waals surface area contributed by atoms with Crippen molar-refractivity contribution in [2.24, 2.45) is 10.8 Å². The van der Waals surface area contributed by atoms with Crippen LogP contribution >= 0.6 is 0 Å². The highest BCUT2D eigenvalue weighted by Gasteiger charge is 2.29. The molecule has 0 saturated carbocycles. The van der Waals surface area contributed by atoms with Gasteiger partial charge in [-0.05, 0) is 31.1 Å². The fourth-order valence-electron chi connectivity index (χ4n) is 2.99. The molecule has 4 nitrogen and oxygen atoms in total. The van der Waals surface area contributed by atoms with E-state index in [1.54, 1.807) is 0 Å². The summed E-state index contributed by atoms with van der Waals surface area (Å²) in [5.74, 6) is 0.00341. The first-order valence-electron chi connectivity index (χ1n) is 11.2. The molecule has 0 rings (SSSR count). The zero-order chi connectivity index (χ0) is 21.5. The molecule has 1 amide bonds. The summed E-state index contributed by atoms with van der Waals surface area (Å²) in [5, 5.41) is 3.13. The van der Waals surface area contributed by atoms with E-state index in [0.717, 1.165) is 51.5 Å². The number of ether oxygens (including phenoxy) is 1. The molecule has 0 aromatic carbocycles. The SMILES string of the molecule is C=COC(=O)CCCCCCCCCCNC(=O)C(C)(C)CCC(C)(C)CC. The number of rotatable bonds is 17. The quantitative estimate of drug-likeness (QED) is 0.173. The summed E-state index contributed by atoms with van der Waals surface area (Å²) in [6.07, 6.45) is 13.8. The molecule has 0 radical (unpaired) electrons. The summed E-state index contributed by atoms with van der Waals surface area (Å²) in [6.45, 7) is 15.0. The lowest BCUT2D eigenvalue weighted by molar-refractivity contribution is -0.138. The lowest BCUT2D eigenvalue weighted by atomic mass is 9.77. The number of unbranched alkanes of at least 4 members (excludes halogenated alkanes) is 7. The van der Waals surface area contributed by atoms with Crippen molar-refractivity contribution in [2.45, 2.75) is 112 Å². The average molecular weight is 396 g/mol. The first-order chi connectivity index (χ1) is 13.1. The van der Waals surface area contributed by atoms with E-state index in [1.165, 1.54) is 31.9 Å². The molecule has 0 fully saturated rings. The molecule has 0 spiro atoms. The van der Waals surface area contributed by atoms with Gasteiger partial charge in [0.25, 0.3) is 0 Å². The van der Waals surface area contributed by atoms with Crippen LogP contribution in [0.4, 0.5) is 0 Å². The van der Waals surface area contributed by atoms with Crippen LogP contribution in [0.5, 0.6) is 0 Å². The van der Waals surface area contributed by atoms with Gasteiger partial charge in [-0.15, -0.1) is 0 Å². The van der Waals surface area contributed by atoms with E-state index < -0.39 is 0 Å². The van der Waals surface area contributed by atoms with Gasteiger partial charge in [0.15, 0.2) is 0 Å². The Labute approximate surface area is 173 Å². The van der Waals surface area contributed by atoms with E-state index in [-0.39, 0.29) is 17.3 Å². The van der Waals surface area contributed by atoms with Crippen LogP contribution < -0.4 is 5.32 Å². The first kappa shape index (κ1) is 26.7. The fraction of sp³-hybridized carbons (Fsp3) is 0.833. The van der Waals surface area contributed by atoms with E-state index in [1.807, 2.05) is 0 Å². The van der Waals surface area contributed by atoms with Gasteiger partial charge in [-0.1, -0.05) is 86.1 Å². The zero-order valence-corrected chi connectivity index (χ0v) is 19.2. The molecule has 164 valence electrons. The van der Waals surface area contributed by atoms with Crippen molar-refractivity contribution in [1.82, 2.24) is 5.32 Å². The lowest BCUT2D eigenvalue weighted by Gasteiger charge is -2.29. The minimum atomic E-state index is -0.287. The molecule has 0 saturated heterocycles. The molecule has 0 bridgehead atoms. The summed E-state index contributed by atoms with van der Waals surface area (Å²) >= 11 is 0. The van der Waals surface area contributed by atoms with Crippen LogP contribution in [0.15, 0.2) is 12.8 Å². The minimum Gasteiger partial charge on any atom is -0.435 e. The van der Waals surface area contributed by atoms with Crippen molar-refractivity contribution in [1.29, 1.82) is 0 Å². The minimum absolute atomic E-state index is 0.186. The van der Waals surface area contributed by atoms with Crippen LogP contribution in [0.3, 0.4) is 0 Å². The van der Waals surface area contributed by atoms with Crippen LogP contribution in [0.25, 0.3) is 0 Å². The van der Waals surface area contributed by atoms with Crippen LogP contribution in [0.2, 0.25) is 0 Å². The smallest absolute Gasteiger partial charge is 0.310 e. The molecule has 0 aliphatic rings. The van der Waals surface area contributed by atoms with Gasteiger partial charge >= 0.3 is 5.97 Å². The predicted octanol–water partition coefficient (Wildman–Crippen LogP) is 6.54. The molecular formula is C24H45NO3. The summed E-state index contributed by atoms with van der Waals surface area (Å²) in [7, 11) is 0. The highest BCUT2D eigenvalue weighted by molar-refractivity contribution is 5.81. The van der Waals surface area contributed by atoms with Crippen LogP contribution in [-0.2, 0) is 14.3 Å². The van der Waals surface area contributed by atoms with Crippen molar-refractivity contribution in [3.8, 4) is 0 Å². The van der Waals surface area contributed by atoms with Gasteiger partial charge < -0.3 is 10.1 Å². The maximum Gasteiger partial charge on any atom is 0.310 e. The third-order valence-electron chi connectivity index (χ3n) is 5.81. The molecule has 0 aliphatic carbocycles. The maximum absolute atomic E-state index is 12.4. The largest absolute Gasteiger partial charge is 0.435 e. The van der Waals surface area contributed by atoms with Gasteiger partial charge in [0.1, 0.15) is 0 Å². The van der Waals surface area contributed by atoms with E-state index >= 15 is 0 Å². The monoisotopic (exact) mass is 395 g/mol. The van der Waals surface area contributed by atoms with Crippen LogP contribution in [0.1, 0.15) is 112 Å². The zero-order valence-electron chi connectivity index (χ0n) is 19.2. The molecule has 1 N–H and O–H groups in total. The molecular weight excluding hydrogens is 350 g/mol. The summed E-state index contributed by atoms with van der Waals surface area (Å²) < 4.78 is 4.69. The molecule has 0 aromatic rings. The van der Waals surface area contributed by atoms with Gasteiger partial charge in [-0.3, -0.25) is 9.59 Å². The lowest BCUT2D eigenvalue weighted by Crippen LogP contribution is -2.38. The van der Waals surface area contributed by atoms with E-state index in [9.17, 15) is 9.59 Å². The Morgan fingerprint density at radius 2 is 1.43 bits per heavy atom. The molecule has 0 aliphatic heterocycles. The number of amides is 1. The van der Waals surface area contributed by atoms with Crippen molar-refractivity contribution >= 4 is 11.9 Å². The second-order valence-corrected chi connectivity index (χ2v) is 9.39. The first-order valence-corrected chi connectivity index (χ1v) is 11.2. The number of carbonyl (C=O) groups excluding carboxylic acids is 2. The topological polar surface area (TPSA) is 55.4 Å². The maximum atomic E-state index is 12.4. The van der Waals surface area contributed by atoms with Crippen molar-refractivity contribution in [3.05, 3.63) is 12.8 Å². The molecule has 0 atom stereocenters. The number of esters is 1. The second kappa shape index (κ2) is 14.6. The van der Waals surface area contributed by atoms with Crippen molar-refractivity contribution < 1.29 is 14.3 Å². The van der Waals surface area contributed by atoms with Gasteiger partial charge in [0.2, 0.25) is 5.91 Å². The Morgan fingerprint density at radius 1 is 0.893 bits per heavy atom. The van der Waals surface area contributed by atoms with Gasteiger partial charge in [-0.2, -0.15) is 0 Å². The molecule has 28 heavy (non-hydrogen) atoms. The van der Waals surface area contributed by atoms with Crippen LogP contribution in [-0.4, -0.2) is 18.4 Å². The average Bonchev–Trinajstić information content (AvgIpc) is 2.64. The van der Waals surface area contributed by atoms with E-state index in [4.69, 9.17) is 4.74 Å². The number of hydrogen-bond donors (Lipinski definition) is 1. The molecule has 0 aromatic heterocycles. The predicted molar refractivity (Wildman–Crippen MR) is 118 cm³/mol. The number of nitrogens with one attached hydrogen (secondary N) is 1. The summed E-state index contributed by atoms with van der Waals surface area (Å²) in [4.78, 5) is 23.6. The normalized spacial score (nSPS) is 11.9.